The number of aromatic nitrogens is 1. The van der Waals surface area contributed by atoms with Crippen molar-refractivity contribution in [3.05, 3.63) is 59.4 Å². The van der Waals surface area contributed by atoms with E-state index in [2.05, 4.69) is 20.5 Å². The fraction of sp³-hybridized carbons (Fsp3) is 0.458. The predicted molar refractivity (Wildman–Crippen MR) is 121 cm³/mol. The second kappa shape index (κ2) is 10.1. The van der Waals surface area contributed by atoms with E-state index in [0.717, 1.165) is 44.5 Å². The maximum absolute atomic E-state index is 12.7. The number of benzene rings is 1. The zero-order valence-corrected chi connectivity index (χ0v) is 18.1. The lowest BCUT2D eigenvalue weighted by Crippen LogP contribution is -2.63. The summed E-state index contributed by atoms with van der Waals surface area (Å²) < 4.78 is 12.7. The fourth-order valence-corrected chi connectivity index (χ4v) is 4.63. The first-order valence-electron chi connectivity index (χ1n) is 11.2. The molecule has 170 valence electrons. The Hall–Kier alpha value is -3.00. The smallest absolute Gasteiger partial charge is 0.251 e. The average Bonchev–Trinajstić information content (AvgIpc) is 2.80. The Labute approximate surface area is 187 Å². The van der Waals surface area contributed by atoms with Gasteiger partial charge in [-0.1, -0.05) is 12.1 Å². The van der Waals surface area contributed by atoms with Gasteiger partial charge in [0.25, 0.3) is 5.91 Å². The van der Waals surface area contributed by atoms with Gasteiger partial charge in [0.15, 0.2) is 0 Å². The number of rotatable bonds is 7. The van der Waals surface area contributed by atoms with Gasteiger partial charge in [-0.2, -0.15) is 0 Å². The van der Waals surface area contributed by atoms with E-state index < -0.39 is 6.67 Å². The van der Waals surface area contributed by atoms with Gasteiger partial charge < -0.3 is 16.4 Å². The Morgan fingerprint density at radius 1 is 1.12 bits per heavy atom. The zero-order valence-electron chi connectivity index (χ0n) is 18.1. The maximum Gasteiger partial charge on any atom is 0.251 e. The Morgan fingerprint density at radius 2 is 1.91 bits per heavy atom. The quantitative estimate of drug-likeness (QED) is 0.615. The van der Waals surface area contributed by atoms with Gasteiger partial charge in [-0.25, -0.2) is 4.39 Å². The summed E-state index contributed by atoms with van der Waals surface area (Å²) in [6.07, 6.45) is 6.22. The lowest BCUT2D eigenvalue weighted by atomic mass is 9.82. The molecule has 4 rings (SSSR count). The molecule has 1 aliphatic heterocycles. The van der Waals surface area contributed by atoms with Crippen molar-refractivity contribution in [2.24, 2.45) is 0 Å². The first-order valence-corrected chi connectivity index (χ1v) is 11.2. The second-order valence-electron chi connectivity index (χ2n) is 8.76. The van der Waals surface area contributed by atoms with Crippen molar-refractivity contribution >= 4 is 17.5 Å². The van der Waals surface area contributed by atoms with E-state index >= 15 is 0 Å². The van der Waals surface area contributed by atoms with Crippen molar-refractivity contribution in [2.45, 2.75) is 50.4 Å². The standard InChI is InChI=1S/C24H30FN5O2/c25-11-16-2-1-3-18(10-16)24(32)28-13-23(31)29-20-14-30(15-20)21-7-4-17(5-8-21)22-9-6-19(26)12-27-22/h1-3,6,9-10,12,17,20-21H,4-5,7-8,11,13-15,26H2,(H,28,32)(H,29,31). The Balaban J connectivity index is 1.14. The first kappa shape index (κ1) is 22.2. The minimum absolute atomic E-state index is 0.0884. The number of carbonyl (C=O) groups is 2. The van der Waals surface area contributed by atoms with Gasteiger partial charge in [0.05, 0.1) is 24.5 Å². The van der Waals surface area contributed by atoms with Crippen LogP contribution in [0.3, 0.4) is 0 Å². The number of pyridine rings is 1. The van der Waals surface area contributed by atoms with E-state index in [1.807, 2.05) is 12.1 Å². The van der Waals surface area contributed by atoms with Gasteiger partial charge in [-0.3, -0.25) is 19.5 Å². The molecule has 2 fully saturated rings. The van der Waals surface area contributed by atoms with E-state index in [9.17, 15) is 14.0 Å². The van der Waals surface area contributed by atoms with E-state index in [1.54, 1.807) is 24.4 Å². The van der Waals surface area contributed by atoms with Crippen LogP contribution in [0.2, 0.25) is 0 Å². The molecule has 2 amide bonds. The molecule has 1 aromatic carbocycles. The number of likely N-dealkylation sites (tertiary alicyclic amines) is 1. The Bertz CT molecular complexity index is 938. The van der Waals surface area contributed by atoms with Crippen molar-refractivity contribution < 1.29 is 14.0 Å². The molecule has 7 nitrogen and oxygen atoms in total. The minimum atomic E-state index is -0.625. The molecule has 0 bridgehead atoms. The Morgan fingerprint density at radius 3 is 2.59 bits per heavy atom. The summed E-state index contributed by atoms with van der Waals surface area (Å²) >= 11 is 0. The number of hydrogen-bond acceptors (Lipinski definition) is 5. The molecule has 4 N–H and O–H groups in total. The van der Waals surface area contributed by atoms with Crippen LogP contribution in [0.4, 0.5) is 10.1 Å². The summed E-state index contributed by atoms with van der Waals surface area (Å²) in [5, 5.41) is 5.58. The molecule has 1 aromatic heterocycles. The molecule has 1 saturated heterocycles. The van der Waals surface area contributed by atoms with Gasteiger partial charge in [0, 0.05) is 36.3 Å². The molecule has 8 heteroatoms. The summed E-state index contributed by atoms with van der Waals surface area (Å²) in [5.41, 5.74) is 8.35. The number of anilines is 1. The molecule has 2 heterocycles. The maximum atomic E-state index is 12.7. The van der Waals surface area contributed by atoms with Crippen LogP contribution in [0, 0.1) is 0 Å². The lowest BCUT2D eigenvalue weighted by molar-refractivity contribution is -0.122. The molecule has 2 aliphatic rings. The monoisotopic (exact) mass is 439 g/mol. The molecule has 1 aliphatic carbocycles. The number of nitrogens with zero attached hydrogens (tertiary/aromatic N) is 2. The van der Waals surface area contributed by atoms with Crippen molar-refractivity contribution in [1.82, 2.24) is 20.5 Å². The van der Waals surface area contributed by atoms with Crippen LogP contribution in [0.1, 0.15) is 53.2 Å². The van der Waals surface area contributed by atoms with Crippen LogP contribution in [-0.4, -0.2) is 53.4 Å². The third kappa shape index (κ3) is 5.43. The number of alkyl halides is 1. The van der Waals surface area contributed by atoms with Crippen molar-refractivity contribution in [1.29, 1.82) is 0 Å². The van der Waals surface area contributed by atoms with E-state index in [1.165, 1.54) is 6.07 Å². The summed E-state index contributed by atoms with van der Waals surface area (Å²) in [6.45, 7) is 0.968. The molecule has 2 aromatic rings. The lowest BCUT2D eigenvalue weighted by Gasteiger charge is -2.46. The van der Waals surface area contributed by atoms with Crippen LogP contribution < -0.4 is 16.4 Å². The number of nitrogen functional groups attached to an aromatic ring is 1. The van der Waals surface area contributed by atoms with E-state index in [4.69, 9.17) is 5.73 Å². The van der Waals surface area contributed by atoms with Gasteiger partial charge in [0.2, 0.25) is 5.91 Å². The average molecular weight is 440 g/mol. The number of amides is 2. The largest absolute Gasteiger partial charge is 0.397 e. The second-order valence-corrected chi connectivity index (χ2v) is 8.76. The van der Waals surface area contributed by atoms with Crippen LogP contribution in [0.15, 0.2) is 42.6 Å². The van der Waals surface area contributed by atoms with Crippen molar-refractivity contribution in [2.75, 3.05) is 25.4 Å². The highest BCUT2D eigenvalue weighted by molar-refractivity contribution is 5.96. The molecule has 1 saturated carbocycles. The van der Waals surface area contributed by atoms with Gasteiger partial charge in [-0.05, 0) is 55.5 Å². The molecule has 0 radical (unpaired) electrons. The zero-order chi connectivity index (χ0) is 22.5. The van der Waals surface area contributed by atoms with Crippen LogP contribution in [-0.2, 0) is 11.5 Å². The number of nitrogens with two attached hydrogens (primary N) is 1. The van der Waals surface area contributed by atoms with Gasteiger partial charge >= 0.3 is 0 Å². The van der Waals surface area contributed by atoms with Gasteiger partial charge in [-0.15, -0.1) is 0 Å². The highest BCUT2D eigenvalue weighted by Gasteiger charge is 2.35. The summed E-state index contributed by atoms with van der Waals surface area (Å²) in [6, 6.07) is 11.0. The summed E-state index contributed by atoms with van der Waals surface area (Å²) in [7, 11) is 0. The highest BCUT2D eigenvalue weighted by Crippen LogP contribution is 2.35. The molecule has 0 unspecified atom stereocenters. The summed E-state index contributed by atoms with van der Waals surface area (Å²) in [4.78, 5) is 31.3. The van der Waals surface area contributed by atoms with Crippen LogP contribution >= 0.6 is 0 Å². The third-order valence-electron chi connectivity index (χ3n) is 6.47. The Kier molecular flexibility index (Phi) is 6.99. The molecule has 32 heavy (non-hydrogen) atoms. The number of carbonyl (C=O) groups excluding carboxylic acids is 2. The minimum Gasteiger partial charge on any atom is -0.397 e. The first-order chi connectivity index (χ1) is 15.5. The third-order valence-corrected chi connectivity index (χ3v) is 6.47. The summed E-state index contributed by atoms with van der Waals surface area (Å²) in [5.74, 6) is -0.0846. The molecule has 0 atom stereocenters. The van der Waals surface area contributed by atoms with E-state index in [0.29, 0.717) is 28.8 Å². The molecule has 0 spiro atoms. The number of hydrogen-bond donors (Lipinski definition) is 3. The number of nitrogens with one attached hydrogen (secondary N) is 2. The van der Waals surface area contributed by atoms with E-state index in [-0.39, 0.29) is 24.4 Å². The van der Waals surface area contributed by atoms with Crippen LogP contribution in [0.5, 0.6) is 0 Å². The molecular weight excluding hydrogens is 409 g/mol. The molecular formula is C24H30FN5O2. The van der Waals surface area contributed by atoms with Crippen molar-refractivity contribution in [3.63, 3.8) is 0 Å². The normalized spacial score (nSPS) is 21.5. The fourth-order valence-electron chi connectivity index (χ4n) is 4.63. The van der Waals surface area contributed by atoms with Gasteiger partial charge in [0.1, 0.15) is 6.67 Å². The van der Waals surface area contributed by atoms with Crippen LogP contribution in [0.25, 0.3) is 0 Å². The highest BCUT2D eigenvalue weighted by atomic mass is 19.1. The predicted octanol–water partition coefficient (Wildman–Crippen LogP) is 2.39. The number of halogens is 1. The van der Waals surface area contributed by atoms with Crippen molar-refractivity contribution in [3.8, 4) is 0 Å². The topological polar surface area (TPSA) is 100 Å². The SMILES string of the molecule is Nc1ccc(C2CCC(N3CC(NC(=O)CNC(=O)c4cccc(CF)c4)C3)CC2)nc1.